The van der Waals surface area contributed by atoms with Gasteiger partial charge in [-0.15, -0.1) is 0 Å². The summed E-state index contributed by atoms with van der Waals surface area (Å²) < 4.78 is 13.8. The number of rotatable bonds is 5. The van der Waals surface area contributed by atoms with Crippen molar-refractivity contribution in [2.75, 3.05) is 31.2 Å². The summed E-state index contributed by atoms with van der Waals surface area (Å²) in [5.41, 5.74) is 7.09. The molecule has 1 aliphatic carbocycles. The first-order valence-electron chi connectivity index (χ1n) is 6.76. The molecule has 0 aromatic heterocycles. The average Bonchev–Trinajstić information content (AvgIpc) is 2.89. The van der Waals surface area contributed by atoms with Crippen LogP contribution in [0.15, 0.2) is 16.6 Å². The lowest BCUT2D eigenvalue weighted by molar-refractivity contribution is 0.254. The minimum atomic E-state index is -0.291. The van der Waals surface area contributed by atoms with Crippen LogP contribution in [-0.4, -0.2) is 31.1 Å². The first-order chi connectivity index (χ1) is 9.08. The molecule has 0 spiro atoms. The smallest absolute Gasteiger partial charge is 0.139 e. The van der Waals surface area contributed by atoms with Gasteiger partial charge in [-0.05, 0) is 41.9 Å². The Morgan fingerprint density at radius 1 is 1.42 bits per heavy atom. The first kappa shape index (κ1) is 14.6. The average molecular weight is 330 g/mol. The summed E-state index contributed by atoms with van der Waals surface area (Å²) in [6.07, 6.45) is 5.28. The van der Waals surface area contributed by atoms with Gasteiger partial charge in [0.2, 0.25) is 0 Å². The fourth-order valence-corrected chi connectivity index (χ4v) is 2.97. The Morgan fingerprint density at radius 3 is 2.79 bits per heavy atom. The largest absolute Gasteiger partial charge is 0.397 e. The molecule has 1 aromatic carbocycles. The molecule has 0 radical (unpaired) electrons. The number of nitrogens with two attached hydrogens (primary N) is 1. The van der Waals surface area contributed by atoms with Crippen LogP contribution in [0.1, 0.15) is 25.7 Å². The van der Waals surface area contributed by atoms with Crippen LogP contribution in [0.3, 0.4) is 0 Å². The van der Waals surface area contributed by atoms with Crippen LogP contribution in [0.4, 0.5) is 15.8 Å². The van der Waals surface area contributed by atoms with Gasteiger partial charge in [-0.1, -0.05) is 12.8 Å². The minimum Gasteiger partial charge on any atom is -0.397 e. The topological polar surface area (TPSA) is 41.3 Å². The Kier molecular flexibility index (Phi) is 5.05. The highest BCUT2D eigenvalue weighted by atomic mass is 79.9. The second-order valence-electron chi connectivity index (χ2n) is 5.20. The van der Waals surface area contributed by atoms with E-state index in [1.54, 1.807) is 6.07 Å². The molecular formula is C14H21BrFN3. The van der Waals surface area contributed by atoms with Gasteiger partial charge in [-0.25, -0.2) is 4.39 Å². The number of nitrogens with zero attached hydrogens (tertiary/aromatic N) is 1. The van der Waals surface area contributed by atoms with E-state index in [4.69, 9.17) is 5.73 Å². The van der Waals surface area contributed by atoms with Gasteiger partial charge in [0.05, 0.1) is 15.8 Å². The molecule has 0 aliphatic heterocycles. The molecule has 2 rings (SSSR count). The van der Waals surface area contributed by atoms with Crippen molar-refractivity contribution in [3.63, 3.8) is 0 Å². The van der Waals surface area contributed by atoms with Crippen LogP contribution < -0.4 is 11.1 Å². The monoisotopic (exact) mass is 329 g/mol. The summed E-state index contributed by atoms with van der Waals surface area (Å²) >= 11 is 3.13. The Bertz CT molecular complexity index is 433. The van der Waals surface area contributed by atoms with E-state index in [-0.39, 0.29) is 5.82 Å². The lowest BCUT2D eigenvalue weighted by atomic mass is 10.2. The highest BCUT2D eigenvalue weighted by Gasteiger charge is 2.18. The molecule has 1 saturated carbocycles. The van der Waals surface area contributed by atoms with E-state index >= 15 is 0 Å². The van der Waals surface area contributed by atoms with E-state index in [9.17, 15) is 4.39 Å². The SMILES string of the molecule is CN(CCNc1cc(F)c(Br)cc1N)C1CCCC1. The molecule has 3 N–H and O–H groups in total. The van der Waals surface area contributed by atoms with Gasteiger partial charge in [-0.2, -0.15) is 0 Å². The summed E-state index contributed by atoms with van der Waals surface area (Å²) in [7, 11) is 2.16. The number of hydrogen-bond acceptors (Lipinski definition) is 3. The molecule has 106 valence electrons. The lowest BCUT2D eigenvalue weighted by Gasteiger charge is -2.24. The highest BCUT2D eigenvalue weighted by Crippen LogP contribution is 2.26. The normalized spacial score (nSPS) is 16.2. The van der Waals surface area contributed by atoms with Gasteiger partial charge in [0.15, 0.2) is 0 Å². The standard InChI is InChI=1S/C14H21BrFN3/c1-19(10-4-2-3-5-10)7-6-18-14-9-12(16)11(15)8-13(14)17/h8-10,18H,2-7,17H2,1H3. The van der Waals surface area contributed by atoms with Crippen LogP contribution in [0.2, 0.25) is 0 Å². The maximum absolute atomic E-state index is 13.4. The summed E-state index contributed by atoms with van der Waals surface area (Å²) in [6, 6.07) is 3.74. The van der Waals surface area contributed by atoms with Gasteiger partial charge in [-0.3, -0.25) is 0 Å². The van der Waals surface area contributed by atoms with Gasteiger partial charge in [0.1, 0.15) is 5.82 Å². The van der Waals surface area contributed by atoms with Crippen LogP contribution in [0.25, 0.3) is 0 Å². The molecule has 1 aliphatic rings. The number of halogens is 2. The predicted molar refractivity (Wildman–Crippen MR) is 81.9 cm³/mol. The zero-order valence-corrected chi connectivity index (χ0v) is 12.8. The summed E-state index contributed by atoms with van der Waals surface area (Å²) in [5, 5.41) is 3.21. The fraction of sp³-hybridized carbons (Fsp3) is 0.571. The van der Waals surface area contributed by atoms with Gasteiger partial charge in [0.25, 0.3) is 0 Å². The van der Waals surface area contributed by atoms with Crippen molar-refractivity contribution >= 4 is 27.3 Å². The maximum atomic E-state index is 13.4. The van der Waals surface area contributed by atoms with E-state index in [2.05, 4.69) is 33.2 Å². The van der Waals surface area contributed by atoms with E-state index in [0.717, 1.165) is 13.1 Å². The molecule has 0 unspecified atom stereocenters. The van der Waals surface area contributed by atoms with Crippen molar-refractivity contribution < 1.29 is 4.39 Å². The van der Waals surface area contributed by atoms with Gasteiger partial charge < -0.3 is 16.0 Å². The Morgan fingerprint density at radius 2 is 2.11 bits per heavy atom. The fourth-order valence-electron chi connectivity index (χ4n) is 2.61. The van der Waals surface area contributed by atoms with Gasteiger partial charge in [0, 0.05) is 25.2 Å². The number of likely N-dealkylation sites (N-methyl/N-ethyl adjacent to an activating group) is 1. The van der Waals surface area contributed by atoms with Crippen molar-refractivity contribution in [3.05, 3.63) is 22.4 Å². The second kappa shape index (κ2) is 6.57. The van der Waals surface area contributed by atoms with E-state index in [1.165, 1.54) is 31.7 Å². The third-order valence-corrected chi connectivity index (χ3v) is 4.43. The van der Waals surface area contributed by atoms with E-state index in [1.807, 2.05) is 0 Å². The van der Waals surface area contributed by atoms with Crippen molar-refractivity contribution in [1.29, 1.82) is 0 Å². The predicted octanol–water partition coefficient (Wildman–Crippen LogP) is 3.46. The van der Waals surface area contributed by atoms with Crippen molar-refractivity contribution in [1.82, 2.24) is 4.90 Å². The molecule has 0 bridgehead atoms. The van der Waals surface area contributed by atoms with Crippen LogP contribution >= 0.6 is 15.9 Å². The number of benzene rings is 1. The van der Waals surface area contributed by atoms with Crippen molar-refractivity contribution in [2.24, 2.45) is 0 Å². The molecule has 3 nitrogen and oxygen atoms in total. The number of nitrogens with one attached hydrogen (secondary N) is 1. The quantitative estimate of drug-likeness (QED) is 0.813. The van der Waals surface area contributed by atoms with E-state index < -0.39 is 0 Å². The molecule has 5 heteroatoms. The number of anilines is 2. The Hall–Kier alpha value is -0.810. The molecule has 0 amide bonds. The van der Waals surface area contributed by atoms with Crippen LogP contribution in [0, 0.1) is 5.82 Å². The molecular weight excluding hydrogens is 309 g/mol. The minimum absolute atomic E-state index is 0.291. The molecule has 19 heavy (non-hydrogen) atoms. The summed E-state index contributed by atoms with van der Waals surface area (Å²) in [4.78, 5) is 2.38. The van der Waals surface area contributed by atoms with Crippen LogP contribution in [-0.2, 0) is 0 Å². The molecule has 0 atom stereocenters. The highest BCUT2D eigenvalue weighted by molar-refractivity contribution is 9.10. The lowest BCUT2D eigenvalue weighted by Crippen LogP contribution is -2.33. The van der Waals surface area contributed by atoms with Crippen molar-refractivity contribution in [2.45, 2.75) is 31.7 Å². The third-order valence-electron chi connectivity index (χ3n) is 3.82. The molecule has 0 saturated heterocycles. The molecule has 1 fully saturated rings. The van der Waals surface area contributed by atoms with Crippen LogP contribution in [0.5, 0.6) is 0 Å². The van der Waals surface area contributed by atoms with E-state index in [0.29, 0.717) is 21.9 Å². The first-order valence-corrected chi connectivity index (χ1v) is 7.56. The summed E-state index contributed by atoms with van der Waals surface area (Å²) in [5.74, 6) is -0.291. The zero-order valence-electron chi connectivity index (χ0n) is 11.3. The van der Waals surface area contributed by atoms with Gasteiger partial charge >= 0.3 is 0 Å². The number of nitrogen functional groups attached to an aromatic ring is 1. The van der Waals surface area contributed by atoms with Crippen molar-refractivity contribution in [3.8, 4) is 0 Å². The molecule has 1 aromatic rings. The zero-order chi connectivity index (χ0) is 13.8. The second-order valence-corrected chi connectivity index (χ2v) is 6.05. The Labute approximate surface area is 122 Å². The maximum Gasteiger partial charge on any atom is 0.139 e. The summed E-state index contributed by atoms with van der Waals surface area (Å²) in [6.45, 7) is 1.72. The number of hydrogen-bond donors (Lipinski definition) is 2. The third kappa shape index (κ3) is 3.83. The molecule has 0 heterocycles. The Balaban J connectivity index is 1.83.